The normalized spacial score (nSPS) is 21.4. The number of carbonyl (C=O) groups is 1. The van der Waals surface area contributed by atoms with Gasteiger partial charge in [0.15, 0.2) is 0 Å². The van der Waals surface area contributed by atoms with E-state index in [9.17, 15) is 18.0 Å². The Morgan fingerprint density at radius 2 is 1.95 bits per heavy atom. The first kappa shape index (κ1) is 16.8. The number of hydrogen-bond donors (Lipinski definition) is 1. The number of hydrogen-bond acceptors (Lipinski definition) is 2. The predicted molar refractivity (Wildman–Crippen MR) is 79.5 cm³/mol. The van der Waals surface area contributed by atoms with Crippen LogP contribution in [0, 0.1) is 5.92 Å². The molecule has 0 spiro atoms. The van der Waals surface area contributed by atoms with Crippen molar-refractivity contribution in [1.29, 1.82) is 0 Å². The standard InChI is InChI=1S/C16H21F3N2O/c1-11-4-3-9-21(10-11)12(2)15(22)20-14-7-5-13(6-8-14)16(17,18)19/h5-8,11-12H,3-4,9-10H2,1-2H3,(H,20,22)/t11-,12-/m0/s1. The monoisotopic (exact) mass is 314 g/mol. The lowest BCUT2D eigenvalue weighted by atomic mass is 9.99. The van der Waals surface area contributed by atoms with E-state index < -0.39 is 11.7 Å². The number of halogens is 3. The van der Waals surface area contributed by atoms with Gasteiger partial charge in [0.25, 0.3) is 0 Å². The maximum absolute atomic E-state index is 12.5. The highest BCUT2D eigenvalue weighted by atomic mass is 19.4. The third kappa shape index (κ3) is 4.22. The van der Waals surface area contributed by atoms with Crippen molar-refractivity contribution < 1.29 is 18.0 Å². The van der Waals surface area contributed by atoms with Crippen LogP contribution in [0.2, 0.25) is 0 Å². The molecule has 0 aliphatic carbocycles. The van der Waals surface area contributed by atoms with E-state index >= 15 is 0 Å². The zero-order valence-electron chi connectivity index (χ0n) is 12.8. The van der Waals surface area contributed by atoms with E-state index in [0.29, 0.717) is 11.6 Å². The van der Waals surface area contributed by atoms with E-state index in [1.807, 2.05) is 6.92 Å². The second kappa shape index (κ2) is 6.69. The maximum atomic E-state index is 12.5. The largest absolute Gasteiger partial charge is 0.416 e. The van der Waals surface area contributed by atoms with Crippen LogP contribution in [0.5, 0.6) is 0 Å². The van der Waals surface area contributed by atoms with Gasteiger partial charge in [0, 0.05) is 12.2 Å². The molecule has 1 aliphatic rings. The van der Waals surface area contributed by atoms with Crippen LogP contribution in [0.3, 0.4) is 0 Å². The van der Waals surface area contributed by atoms with Crippen LogP contribution in [0.1, 0.15) is 32.3 Å². The Morgan fingerprint density at radius 1 is 1.32 bits per heavy atom. The number of likely N-dealkylation sites (tertiary alicyclic amines) is 1. The van der Waals surface area contributed by atoms with E-state index in [4.69, 9.17) is 0 Å². The van der Waals surface area contributed by atoms with Crippen molar-refractivity contribution in [1.82, 2.24) is 4.90 Å². The van der Waals surface area contributed by atoms with E-state index in [-0.39, 0.29) is 11.9 Å². The van der Waals surface area contributed by atoms with Gasteiger partial charge in [-0.1, -0.05) is 6.92 Å². The first-order chi connectivity index (χ1) is 10.3. The molecule has 1 fully saturated rings. The smallest absolute Gasteiger partial charge is 0.325 e. The number of alkyl halides is 3. The van der Waals surface area contributed by atoms with E-state index in [1.54, 1.807) is 0 Å². The Balaban J connectivity index is 1.96. The summed E-state index contributed by atoms with van der Waals surface area (Å²) >= 11 is 0. The van der Waals surface area contributed by atoms with Crippen molar-refractivity contribution in [2.24, 2.45) is 5.92 Å². The van der Waals surface area contributed by atoms with Crippen LogP contribution in [-0.2, 0) is 11.0 Å². The summed E-state index contributed by atoms with van der Waals surface area (Å²) in [6.07, 6.45) is -2.12. The van der Waals surface area contributed by atoms with Gasteiger partial charge in [-0.2, -0.15) is 13.2 Å². The van der Waals surface area contributed by atoms with Gasteiger partial charge >= 0.3 is 6.18 Å². The summed E-state index contributed by atoms with van der Waals surface area (Å²) in [5.74, 6) is 0.379. The number of rotatable bonds is 3. The molecule has 1 aliphatic heterocycles. The van der Waals surface area contributed by atoms with Crippen LogP contribution in [0.25, 0.3) is 0 Å². The van der Waals surface area contributed by atoms with Crippen LogP contribution < -0.4 is 5.32 Å². The second-order valence-electron chi connectivity index (χ2n) is 5.98. The first-order valence-corrected chi connectivity index (χ1v) is 7.49. The lowest BCUT2D eigenvalue weighted by Gasteiger charge is -2.34. The Labute approximate surface area is 128 Å². The molecule has 0 bridgehead atoms. The van der Waals surface area contributed by atoms with Gasteiger partial charge < -0.3 is 5.32 Å². The SMILES string of the molecule is C[C@H]1CCCN([C@@H](C)C(=O)Nc2ccc(C(F)(F)F)cc2)C1. The van der Waals surface area contributed by atoms with Gasteiger partial charge in [0.2, 0.25) is 5.91 Å². The average Bonchev–Trinajstić information content (AvgIpc) is 2.46. The minimum absolute atomic E-state index is 0.186. The van der Waals surface area contributed by atoms with Gasteiger partial charge in [-0.05, 0) is 56.5 Å². The number of amides is 1. The molecule has 2 rings (SSSR count). The molecule has 122 valence electrons. The molecular formula is C16H21F3N2O. The van der Waals surface area contributed by atoms with Crippen LogP contribution in [-0.4, -0.2) is 29.9 Å². The van der Waals surface area contributed by atoms with Crippen LogP contribution >= 0.6 is 0 Å². The molecule has 1 saturated heterocycles. The van der Waals surface area contributed by atoms with Crippen LogP contribution in [0.15, 0.2) is 24.3 Å². The lowest BCUT2D eigenvalue weighted by molar-refractivity contribution is -0.137. The molecule has 0 saturated carbocycles. The summed E-state index contributed by atoms with van der Waals surface area (Å²) in [6, 6.07) is 4.23. The molecule has 1 N–H and O–H groups in total. The summed E-state index contributed by atoms with van der Waals surface area (Å²) in [5.41, 5.74) is -0.335. The summed E-state index contributed by atoms with van der Waals surface area (Å²) in [5, 5.41) is 2.68. The average molecular weight is 314 g/mol. The highest BCUT2D eigenvalue weighted by Gasteiger charge is 2.30. The fraction of sp³-hybridized carbons (Fsp3) is 0.562. The Hall–Kier alpha value is -1.56. The molecule has 1 amide bonds. The van der Waals surface area contributed by atoms with Gasteiger partial charge in [-0.15, -0.1) is 0 Å². The van der Waals surface area contributed by atoms with Crippen molar-refractivity contribution in [3.63, 3.8) is 0 Å². The minimum Gasteiger partial charge on any atom is -0.325 e. The van der Waals surface area contributed by atoms with E-state index in [2.05, 4.69) is 17.1 Å². The number of piperidine rings is 1. The quantitative estimate of drug-likeness (QED) is 0.921. The number of anilines is 1. The second-order valence-corrected chi connectivity index (χ2v) is 5.98. The predicted octanol–water partition coefficient (Wildman–Crippen LogP) is 3.76. The zero-order valence-corrected chi connectivity index (χ0v) is 12.8. The van der Waals surface area contributed by atoms with Gasteiger partial charge in [0.05, 0.1) is 11.6 Å². The maximum Gasteiger partial charge on any atom is 0.416 e. The summed E-state index contributed by atoms with van der Waals surface area (Å²) in [4.78, 5) is 14.3. The molecular weight excluding hydrogens is 293 g/mol. The molecule has 1 heterocycles. The van der Waals surface area contributed by atoms with Crippen molar-refractivity contribution >= 4 is 11.6 Å². The van der Waals surface area contributed by atoms with Gasteiger partial charge in [-0.3, -0.25) is 9.69 Å². The Bertz CT molecular complexity index is 513. The number of nitrogens with zero attached hydrogens (tertiary/aromatic N) is 1. The van der Waals surface area contributed by atoms with E-state index in [1.165, 1.54) is 18.6 Å². The molecule has 0 unspecified atom stereocenters. The molecule has 1 aromatic carbocycles. The summed E-state index contributed by atoms with van der Waals surface area (Å²) < 4.78 is 37.5. The summed E-state index contributed by atoms with van der Waals surface area (Å²) in [6.45, 7) is 5.75. The topological polar surface area (TPSA) is 32.3 Å². The zero-order chi connectivity index (χ0) is 16.3. The van der Waals surface area contributed by atoms with Gasteiger partial charge in [0.1, 0.15) is 0 Å². The molecule has 0 aromatic heterocycles. The number of carbonyl (C=O) groups excluding carboxylic acids is 1. The molecule has 2 atom stereocenters. The fourth-order valence-corrected chi connectivity index (χ4v) is 2.73. The van der Waals surface area contributed by atoms with E-state index in [0.717, 1.165) is 31.6 Å². The van der Waals surface area contributed by atoms with Crippen molar-refractivity contribution in [2.75, 3.05) is 18.4 Å². The molecule has 3 nitrogen and oxygen atoms in total. The number of benzene rings is 1. The minimum atomic E-state index is -4.36. The highest BCUT2D eigenvalue weighted by molar-refractivity contribution is 5.94. The lowest BCUT2D eigenvalue weighted by Crippen LogP contribution is -2.46. The van der Waals surface area contributed by atoms with Crippen molar-refractivity contribution in [3.8, 4) is 0 Å². The Morgan fingerprint density at radius 3 is 2.50 bits per heavy atom. The highest BCUT2D eigenvalue weighted by Crippen LogP contribution is 2.29. The number of nitrogens with one attached hydrogen (secondary N) is 1. The Kier molecular flexibility index (Phi) is 5.11. The molecule has 0 radical (unpaired) electrons. The third-order valence-corrected chi connectivity index (χ3v) is 4.10. The molecule has 6 heteroatoms. The summed E-state index contributed by atoms with van der Waals surface area (Å²) in [7, 11) is 0. The third-order valence-electron chi connectivity index (χ3n) is 4.10. The van der Waals surface area contributed by atoms with Crippen molar-refractivity contribution in [3.05, 3.63) is 29.8 Å². The van der Waals surface area contributed by atoms with Gasteiger partial charge in [-0.25, -0.2) is 0 Å². The van der Waals surface area contributed by atoms with Crippen LogP contribution in [0.4, 0.5) is 18.9 Å². The first-order valence-electron chi connectivity index (χ1n) is 7.49. The molecule has 22 heavy (non-hydrogen) atoms. The fourth-order valence-electron chi connectivity index (χ4n) is 2.73. The van der Waals surface area contributed by atoms with Crippen molar-refractivity contribution in [2.45, 2.75) is 38.9 Å². The molecule has 1 aromatic rings.